The molecule has 0 aliphatic heterocycles. The van der Waals surface area contributed by atoms with E-state index >= 15 is 0 Å². The molecule has 0 saturated heterocycles. The normalized spacial score (nSPS) is 12.9. The lowest BCUT2D eigenvalue weighted by Gasteiger charge is -2.04. The van der Waals surface area contributed by atoms with Gasteiger partial charge in [0.1, 0.15) is 11.3 Å². The zero-order valence-corrected chi connectivity index (χ0v) is 11.8. The van der Waals surface area contributed by atoms with Crippen molar-refractivity contribution in [3.63, 3.8) is 0 Å². The van der Waals surface area contributed by atoms with Gasteiger partial charge in [-0.15, -0.1) is 0 Å². The van der Waals surface area contributed by atoms with Crippen LogP contribution < -0.4 is 0 Å². The Morgan fingerprint density at radius 1 is 1.59 bits per heavy atom. The van der Waals surface area contributed by atoms with Crippen molar-refractivity contribution in [3.05, 3.63) is 33.7 Å². The second-order valence-corrected chi connectivity index (χ2v) is 5.20. The monoisotopic (exact) mass is 294 g/mol. The van der Waals surface area contributed by atoms with E-state index in [9.17, 15) is 4.79 Å². The number of aromatic nitrogens is 2. The van der Waals surface area contributed by atoms with E-state index in [0.29, 0.717) is 11.6 Å². The second-order valence-electron chi connectivity index (χ2n) is 4.34. The standard InChI is InChI=1S/C13H15BrN2O/c1-4-8(2)13-11(7-17)16-6-10(14)9(3)5-12(16)15-13/h5-8H,4H2,1-3H3. The third-order valence-corrected chi connectivity index (χ3v) is 3.99. The summed E-state index contributed by atoms with van der Waals surface area (Å²) < 4.78 is 2.84. The molecule has 0 saturated carbocycles. The predicted molar refractivity (Wildman–Crippen MR) is 71.7 cm³/mol. The Labute approximate surface area is 109 Å². The Bertz CT molecular complexity index is 574. The summed E-state index contributed by atoms with van der Waals surface area (Å²) in [6.07, 6.45) is 3.78. The zero-order valence-electron chi connectivity index (χ0n) is 10.2. The quantitative estimate of drug-likeness (QED) is 0.809. The molecule has 2 heterocycles. The van der Waals surface area contributed by atoms with Gasteiger partial charge in [0.15, 0.2) is 6.29 Å². The number of imidazole rings is 1. The SMILES string of the molecule is CCC(C)c1nc2cc(C)c(Br)cn2c1C=O. The van der Waals surface area contributed by atoms with E-state index in [1.165, 1.54) is 0 Å². The van der Waals surface area contributed by atoms with Crippen LogP contribution in [0.15, 0.2) is 16.7 Å². The van der Waals surface area contributed by atoms with Crippen LogP contribution in [0.4, 0.5) is 0 Å². The van der Waals surface area contributed by atoms with Crippen LogP contribution in [0.5, 0.6) is 0 Å². The van der Waals surface area contributed by atoms with Crippen LogP contribution in [0, 0.1) is 6.92 Å². The summed E-state index contributed by atoms with van der Waals surface area (Å²) in [7, 11) is 0. The second kappa shape index (κ2) is 4.61. The van der Waals surface area contributed by atoms with Gasteiger partial charge in [-0.25, -0.2) is 4.98 Å². The predicted octanol–water partition coefficient (Wildman–Crippen LogP) is 3.73. The molecule has 0 aromatic carbocycles. The van der Waals surface area contributed by atoms with Crippen LogP contribution in [0.25, 0.3) is 5.65 Å². The van der Waals surface area contributed by atoms with E-state index in [4.69, 9.17) is 0 Å². The van der Waals surface area contributed by atoms with Gasteiger partial charge in [-0.2, -0.15) is 0 Å². The van der Waals surface area contributed by atoms with E-state index in [0.717, 1.165) is 34.1 Å². The van der Waals surface area contributed by atoms with Crippen molar-refractivity contribution in [2.45, 2.75) is 33.1 Å². The van der Waals surface area contributed by atoms with E-state index in [-0.39, 0.29) is 0 Å². The number of hydrogen-bond acceptors (Lipinski definition) is 2. The van der Waals surface area contributed by atoms with Crippen LogP contribution >= 0.6 is 15.9 Å². The molecular formula is C13H15BrN2O. The fourth-order valence-electron chi connectivity index (χ4n) is 1.87. The highest BCUT2D eigenvalue weighted by molar-refractivity contribution is 9.10. The Hall–Kier alpha value is -1.16. The number of carbonyl (C=O) groups excluding carboxylic acids is 1. The molecule has 2 rings (SSSR count). The molecule has 2 aromatic rings. The summed E-state index contributed by atoms with van der Waals surface area (Å²) in [4.78, 5) is 15.8. The largest absolute Gasteiger partial charge is 0.296 e. The lowest BCUT2D eigenvalue weighted by Crippen LogP contribution is -1.99. The lowest BCUT2D eigenvalue weighted by molar-refractivity contribution is 0.111. The number of carbonyl (C=O) groups is 1. The van der Waals surface area contributed by atoms with Crippen LogP contribution in [-0.2, 0) is 0 Å². The van der Waals surface area contributed by atoms with Gasteiger partial charge in [-0.3, -0.25) is 9.20 Å². The summed E-state index contributed by atoms with van der Waals surface area (Å²) >= 11 is 3.48. The Morgan fingerprint density at radius 2 is 2.29 bits per heavy atom. The summed E-state index contributed by atoms with van der Waals surface area (Å²) in [6, 6.07) is 1.99. The molecule has 0 aliphatic rings. The first-order valence-electron chi connectivity index (χ1n) is 5.71. The average molecular weight is 295 g/mol. The third kappa shape index (κ3) is 2.02. The number of pyridine rings is 1. The summed E-state index contributed by atoms with van der Waals surface area (Å²) in [6.45, 7) is 6.21. The molecule has 17 heavy (non-hydrogen) atoms. The minimum absolute atomic E-state index is 0.300. The molecule has 0 amide bonds. The summed E-state index contributed by atoms with van der Waals surface area (Å²) in [5.74, 6) is 0.300. The van der Waals surface area contributed by atoms with E-state index in [1.54, 1.807) is 0 Å². The number of rotatable bonds is 3. The molecule has 0 radical (unpaired) electrons. The highest BCUT2D eigenvalue weighted by Crippen LogP contribution is 2.25. The van der Waals surface area contributed by atoms with Gasteiger partial charge in [-0.05, 0) is 40.9 Å². The molecule has 4 heteroatoms. The van der Waals surface area contributed by atoms with Crippen molar-refractivity contribution in [1.82, 2.24) is 9.38 Å². The molecule has 3 nitrogen and oxygen atoms in total. The van der Waals surface area contributed by atoms with Crippen LogP contribution in [0.2, 0.25) is 0 Å². The number of nitrogens with zero attached hydrogens (tertiary/aromatic N) is 2. The number of aryl methyl sites for hydroxylation is 1. The van der Waals surface area contributed by atoms with Crippen molar-refractivity contribution in [1.29, 1.82) is 0 Å². The third-order valence-electron chi connectivity index (χ3n) is 3.16. The van der Waals surface area contributed by atoms with Gasteiger partial charge in [0.2, 0.25) is 0 Å². The minimum Gasteiger partial charge on any atom is -0.296 e. The number of fused-ring (bicyclic) bond motifs is 1. The first kappa shape index (κ1) is 12.3. The molecule has 1 unspecified atom stereocenters. The van der Waals surface area contributed by atoms with E-state index in [1.807, 2.05) is 23.6 Å². The van der Waals surface area contributed by atoms with E-state index in [2.05, 4.69) is 34.8 Å². The maximum absolute atomic E-state index is 11.2. The number of halogens is 1. The maximum Gasteiger partial charge on any atom is 0.168 e. The lowest BCUT2D eigenvalue weighted by atomic mass is 10.0. The number of hydrogen-bond donors (Lipinski definition) is 0. The summed E-state index contributed by atoms with van der Waals surface area (Å²) in [5.41, 5.74) is 3.51. The Morgan fingerprint density at radius 3 is 2.88 bits per heavy atom. The minimum atomic E-state index is 0.300. The Kier molecular flexibility index (Phi) is 3.33. The zero-order chi connectivity index (χ0) is 12.6. The summed E-state index contributed by atoms with van der Waals surface area (Å²) in [5, 5.41) is 0. The van der Waals surface area contributed by atoms with Crippen molar-refractivity contribution >= 4 is 27.9 Å². The molecule has 2 aromatic heterocycles. The van der Waals surface area contributed by atoms with Gasteiger partial charge in [0, 0.05) is 16.6 Å². The average Bonchev–Trinajstić information content (AvgIpc) is 2.66. The smallest absolute Gasteiger partial charge is 0.168 e. The van der Waals surface area contributed by atoms with Crippen molar-refractivity contribution < 1.29 is 4.79 Å². The van der Waals surface area contributed by atoms with E-state index < -0.39 is 0 Å². The van der Waals surface area contributed by atoms with Gasteiger partial charge in [0.05, 0.1) is 5.69 Å². The number of aldehydes is 1. The van der Waals surface area contributed by atoms with Crippen LogP contribution in [0.3, 0.4) is 0 Å². The topological polar surface area (TPSA) is 34.4 Å². The van der Waals surface area contributed by atoms with Gasteiger partial charge in [0.25, 0.3) is 0 Å². The highest BCUT2D eigenvalue weighted by atomic mass is 79.9. The van der Waals surface area contributed by atoms with Gasteiger partial charge < -0.3 is 0 Å². The van der Waals surface area contributed by atoms with Gasteiger partial charge in [-0.1, -0.05) is 13.8 Å². The first-order chi connectivity index (χ1) is 8.08. The maximum atomic E-state index is 11.2. The highest BCUT2D eigenvalue weighted by Gasteiger charge is 2.16. The molecule has 0 spiro atoms. The van der Waals surface area contributed by atoms with Gasteiger partial charge >= 0.3 is 0 Å². The van der Waals surface area contributed by atoms with Crippen molar-refractivity contribution in [2.24, 2.45) is 0 Å². The van der Waals surface area contributed by atoms with Crippen molar-refractivity contribution in [3.8, 4) is 0 Å². The molecule has 90 valence electrons. The molecular weight excluding hydrogens is 280 g/mol. The fraction of sp³-hybridized carbons (Fsp3) is 0.385. The molecule has 0 bridgehead atoms. The first-order valence-corrected chi connectivity index (χ1v) is 6.51. The fourth-order valence-corrected chi connectivity index (χ4v) is 2.19. The van der Waals surface area contributed by atoms with Crippen LogP contribution in [-0.4, -0.2) is 15.7 Å². The molecule has 0 fully saturated rings. The molecule has 0 aliphatic carbocycles. The molecule has 1 atom stereocenters. The van der Waals surface area contributed by atoms with Crippen LogP contribution in [0.1, 0.15) is 47.9 Å². The van der Waals surface area contributed by atoms with Crippen molar-refractivity contribution in [2.75, 3.05) is 0 Å². The Balaban J connectivity index is 2.75. The molecule has 0 N–H and O–H groups in total.